The van der Waals surface area contributed by atoms with E-state index in [1.807, 2.05) is 5.16 Å². The zero-order valence-corrected chi connectivity index (χ0v) is 5.96. The zero-order valence-electron chi connectivity index (χ0n) is 5.14. The summed E-state index contributed by atoms with van der Waals surface area (Å²) in [5.74, 6) is 4.68. The molecule has 0 aliphatic heterocycles. The molecule has 11 heavy (non-hydrogen) atoms. The largest absolute Gasteiger partial charge is 0.374 e. The Hall–Kier alpha value is -1.59. The van der Waals surface area contributed by atoms with Crippen molar-refractivity contribution in [3.63, 3.8) is 0 Å². The second-order valence-electron chi connectivity index (χ2n) is 1.12. The number of carbonyl (C=O) groups is 1. The Bertz CT molecular complexity index is 222. The van der Waals surface area contributed by atoms with Crippen molar-refractivity contribution in [2.24, 2.45) is 16.0 Å². The molecule has 0 aromatic heterocycles. The van der Waals surface area contributed by atoms with Crippen LogP contribution >= 0.6 is 12.2 Å². The normalized spacial score (nSPS) is 7.00. The lowest BCUT2D eigenvalue weighted by Gasteiger charge is -2.03. The van der Waals surface area contributed by atoms with Crippen LogP contribution in [0.4, 0.5) is 4.79 Å². The second-order valence-corrected chi connectivity index (χ2v) is 1.30. The Kier molecular flexibility index (Phi) is 4.46. The number of nitrogens with zero attached hydrogens (tertiary/aromatic N) is 3. The van der Waals surface area contributed by atoms with Gasteiger partial charge in [-0.05, 0) is 12.2 Å². The lowest BCUT2D eigenvalue weighted by Crippen LogP contribution is -2.37. The first-order chi connectivity index (χ1) is 5.26. The minimum atomic E-state index is -0.911. The minimum Gasteiger partial charge on any atom is -0.273 e. The highest BCUT2D eigenvalue weighted by atomic mass is 32.1. The van der Waals surface area contributed by atoms with Gasteiger partial charge in [0.05, 0.1) is 5.16 Å². The van der Waals surface area contributed by atoms with Crippen molar-refractivity contribution in [3.8, 4) is 0 Å². The van der Waals surface area contributed by atoms with Gasteiger partial charge in [-0.2, -0.15) is 0 Å². The van der Waals surface area contributed by atoms with Crippen LogP contribution in [0.15, 0.2) is 10.2 Å². The van der Waals surface area contributed by atoms with Gasteiger partial charge in [-0.3, -0.25) is 5.43 Å². The third kappa shape index (κ3) is 3.19. The quantitative estimate of drug-likeness (QED) is 0.142. The summed E-state index contributed by atoms with van der Waals surface area (Å²) in [7, 11) is 0. The molecule has 0 fully saturated rings. The van der Waals surface area contributed by atoms with Gasteiger partial charge in [0.15, 0.2) is 0 Å². The van der Waals surface area contributed by atoms with Crippen LogP contribution in [-0.4, -0.2) is 22.4 Å². The SMILES string of the molecule is NNC(=O)N(N=C=O)N=C=S. The number of amides is 2. The van der Waals surface area contributed by atoms with Gasteiger partial charge in [0.1, 0.15) is 0 Å². The number of rotatable bonds is 2. The number of urea groups is 1. The summed E-state index contributed by atoms with van der Waals surface area (Å²) < 4.78 is 0. The molecule has 0 heterocycles. The molecular weight excluding hydrogens is 170 g/mol. The van der Waals surface area contributed by atoms with Crippen LogP contribution in [0.2, 0.25) is 0 Å². The summed E-state index contributed by atoms with van der Waals surface area (Å²) in [6, 6.07) is -0.911. The average molecular weight is 173 g/mol. The molecule has 0 aromatic rings. The van der Waals surface area contributed by atoms with Crippen LogP contribution in [0.25, 0.3) is 0 Å². The molecule has 0 aliphatic carbocycles. The van der Waals surface area contributed by atoms with Gasteiger partial charge in [-0.1, -0.05) is 15.3 Å². The molecule has 0 saturated carbocycles. The average Bonchev–Trinajstić information content (AvgIpc) is 2.03. The third-order valence-electron chi connectivity index (χ3n) is 0.576. The first kappa shape index (κ1) is 9.41. The monoisotopic (exact) mass is 173 g/mol. The van der Waals surface area contributed by atoms with Crippen LogP contribution in [0, 0.1) is 0 Å². The van der Waals surface area contributed by atoms with E-state index in [0.29, 0.717) is 5.12 Å². The van der Waals surface area contributed by atoms with Crippen molar-refractivity contribution in [1.29, 1.82) is 0 Å². The van der Waals surface area contributed by atoms with Crippen molar-refractivity contribution < 1.29 is 9.59 Å². The molecule has 0 spiro atoms. The van der Waals surface area contributed by atoms with Crippen LogP contribution in [0.3, 0.4) is 0 Å². The predicted molar refractivity (Wildman–Crippen MR) is 37.7 cm³/mol. The number of hydrazine groups is 1. The van der Waals surface area contributed by atoms with Crippen molar-refractivity contribution >= 4 is 29.5 Å². The third-order valence-corrected chi connectivity index (χ3v) is 0.658. The fourth-order valence-electron chi connectivity index (χ4n) is 0.248. The molecule has 7 nitrogen and oxygen atoms in total. The highest BCUT2D eigenvalue weighted by molar-refractivity contribution is 7.78. The zero-order chi connectivity index (χ0) is 8.69. The van der Waals surface area contributed by atoms with E-state index in [4.69, 9.17) is 0 Å². The summed E-state index contributed by atoms with van der Waals surface area (Å²) >= 11 is 4.14. The molecule has 0 aromatic carbocycles. The highest BCUT2D eigenvalue weighted by Crippen LogP contribution is 1.87. The maximum Gasteiger partial charge on any atom is 0.374 e. The number of isocyanates is 1. The van der Waals surface area contributed by atoms with E-state index in [1.54, 1.807) is 5.43 Å². The van der Waals surface area contributed by atoms with E-state index < -0.39 is 6.03 Å². The van der Waals surface area contributed by atoms with Crippen molar-refractivity contribution in [2.75, 3.05) is 0 Å². The highest BCUT2D eigenvalue weighted by Gasteiger charge is 2.07. The number of hydrogen-bond acceptors (Lipinski definition) is 6. The van der Waals surface area contributed by atoms with Gasteiger partial charge in [-0.15, -0.1) is 0 Å². The van der Waals surface area contributed by atoms with Crippen molar-refractivity contribution in [3.05, 3.63) is 0 Å². The molecule has 58 valence electrons. The first-order valence-corrected chi connectivity index (χ1v) is 2.63. The van der Waals surface area contributed by atoms with E-state index in [-0.39, 0.29) is 0 Å². The maximum absolute atomic E-state index is 10.5. The molecule has 2 amide bonds. The minimum absolute atomic E-state index is 0.319. The molecule has 0 unspecified atom stereocenters. The predicted octanol–water partition coefficient (Wildman–Crippen LogP) is -0.860. The summed E-state index contributed by atoms with van der Waals surface area (Å²) in [5, 5.41) is 8.02. The fourth-order valence-corrected chi connectivity index (χ4v) is 0.326. The number of carbonyl (C=O) groups excluding carboxylic acids is 2. The number of hydrogen-bond donors (Lipinski definition) is 2. The Morgan fingerprint density at radius 3 is 2.64 bits per heavy atom. The van der Waals surface area contributed by atoms with E-state index in [0.717, 1.165) is 6.08 Å². The summed E-state index contributed by atoms with van der Waals surface area (Å²) in [6.07, 6.45) is 1.07. The maximum atomic E-state index is 10.5. The van der Waals surface area contributed by atoms with Crippen LogP contribution in [-0.2, 0) is 4.79 Å². The topological polar surface area (TPSA) is 100 Å². The molecule has 0 bridgehead atoms. The van der Waals surface area contributed by atoms with E-state index >= 15 is 0 Å². The number of hydrazone groups is 2. The van der Waals surface area contributed by atoms with E-state index in [1.165, 1.54) is 0 Å². The molecule has 8 heteroatoms. The first-order valence-electron chi connectivity index (χ1n) is 2.22. The fraction of sp³-hybridized carbons (Fsp3) is 0. The molecule has 0 aliphatic rings. The Morgan fingerprint density at radius 2 is 2.27 bits per heavy atom. The Labute approximate surface area is 66.5 Å². The van der Waals surface area contributed by atoms with Crippen LogP contribution in [0.5, 0.6) is 0 Å². The molecule has 0 atom stereocenters. The van der Waals surface area contributed by atoms with Gasteiger partial charge in [0.2, 0.25) is 0 Å². The molecule has 0 radical (unpaired) electrons. The van der Waals surface area contributed by atoms with Crippen molar-refractivity contribution in [2.45, 2.75) is 0 Å². The number of nitrogens with two attached hydrogens (primary N) is 1. The summed E-state index contributed by atoms with van der Waals surface area (Å²) in [5.41, 5.74) is 1.67. The molecule has 0 rings (SSSR count). The summed E-state index contributed by atoms with van der Waals surface area (Å²) in [4.78, 5) is 20.2. The van der Waals surface area contributed by atoms with Gasteiger partial charge in [-0.25, -0.2) is 15.4 Å². The molecule has 3 N–H and O–H groups in total. The molecular formula is C3H3N5O2S. The van der Waals surface area contributed by atoms with Crippen molar-refractivity contribution in [1.82, 2.24) is 10.5 Å². The lowest BCUT2D eigenvalue weighted by atomic mass is 11.1. The van der Waals surface area contributed by atoms with Gasteiger partial charge in [0, 0.05) is 0 Å². The second kappa shape index (κ2) is 5.21. The summed E-state index contributed by atoms with van der Waals surface area (Å²) in [6.45, 7) is 0. The van der Waals surface area contributed by atoms with Gasteiger partial charge < -0.3 is 0 Å². The lowest BCUT2D eigenvalue weighted by molar-refractivity contribution is 0.203. The van der Waals surface area contributed by atoms with Gasteiger partial charge in [0.25, 0.3) is 6.08 Å². The Morgan fingerprint density at radius 1 is 1.64 bits per heavy atom. The van der Waals surface area contributed by atoms with Crippen LogP contribution < -0.4 is 11.3 Å². The smallest absolute Gasteiger partial charge is 0.273 e. The van der Waals surface area contributed by atoms with E-state index in [9.17, 15) is 9.59 Å². The molecule has 0 saturated heterocycles. The number of isothiocyanates is 1. The van der Waals surface area contributed by atoms with E-state index in [2.05, 4.69) is 28.3 Å². The van der Waals surface area contributed by atoms with Gasteiger partial charge >= 0.3 is 6.03 Å². The number of thiocarbonyl (C=S) groups is 1. The van der Waals surface area contributed by atoms with Crippen LogP contribution in [0.1, 0.15) is 0 Å². The Balaban J connectivity index is 4.45. The standard InChI is InChI=1S/C3H3N5O2S/c4-7-3(10)8(5-1-9)6-2-11/h4H2,(H,7,10). The number of nitrogens with one attached hydrogen (secondary N) is 1.